The molecule has 3 rings (SSSR count). The summed E-state index contributed by atoms with van der Waals surface area (Å²) in [7, 11) is 0. The summed E-state index contributed by atoms with van der Waals surface area (Å²) in [6.45, 7) is 2.85. The average molecular weight is 341 g/mol. The molecule has 1 atom stereocenters. The number of allylic oxidation sites excluding steroid dienone is 1. The van der Waals surface area contributed by atoms with E-state index in [0.29, 0.717) is 19.0 Å². The van der Waals surface area contributed by atoms with Gasteiger partial charge in [-0.15, -0.1) is 0 Å². The monoisotopic (exact) mass is 341 g/mol. The van der Waals surface area contributed by atoms with E-state index >= 15 is 0 Å². The van der Waals surface area contributed by atoms with Gasteiger partial charge in [0.15, 0.2) is 0 Å². The van der Waals surface area contributed by atoms with E-state index in [1.807, 2.05) is 54.1 Å². The molecule has 1 saturated carbocycles. The first-order chi connectivity index (χ1) is 11.6. The lowest BCUT2D eigenvalue weighted by Gasteiger charge is -2.24. The zero-order valence-electron chi connectivity index (χ0n) is 13.9. The highest BCUT2D eigenvalue weighted by molar-refractivity contribution is 7.07. The van der Waals surface area contributed by atoms with Gasteiger partial charge in [-0.1, -0.05) is 35.9 Å². The number of aliphatic hydroxyl groups excluding tert-OH is 1. The Hall–Kier alpha value is -1.91. The number of thiophene rings is 1. The lowest BCUT2D eigenvalue weighted by atomic mass is 10.1. The van der Waals surface area contributed by atoms with Gasteiger partial charge in [-0.25, -0.2) is 0 Å². The van der Waals surface area contributed by atoms with Crippen molar-refractivity contribution in [3.05, 3.63) is 69.9 Å². The number of benzene rings is 1. The van der Waals surface area contributed by atoms with Crippen LogP contribution in [0.2, 0.25) is 0 Å². The summed E-state index contributed by atoms with van der Waals surface area (Å²) in [5, 5.41) is 14.3. The Bertz CT molecular complexity index is 690. The molecule has 1 aromatic carbocycles. The third-order valence-electron chi connectivity index (χ3n) is 4.42. The fraction of sp³-hybridized carbons (Fsp3) is 0.350. The van der Waals surface area contributed by atoms with Crippen LogP contribution in [-0.2, 0) is 11.3 Å². The molecule has 0 aliphatic heterocycles. The molecule has 0 spiro atoms. The molecule has 0 bridgehead atoms. The van der Waals surface area contributed by atoms with E-state index in [9.17, 15) is 9.90 Å². The van der Waals surface area contributed by atoms with E-state index in [-0.39, 0.29) is 5.91 Å². The second-order valence-electron chi connectivity index (χ2n) is 6.44. The molecule has 126 valence electrons. The largest absolute Gasteiger partial charge is 0.387 e. The molecule has 1 fully saturated rings. The van der Waals surface area contributed by atoms with Crippen molar-refractivity contribution in [3.63, 3.8) is 0 Å². The van der Waals surface area contributed by atoms with E-state index in [1.165, 1.54) is 12.8 Å². The van der Waals surface area contributed by atoms with Gasteiger partial charge in [-0.05, 0) is 53.6 Å². The summed E-state index contributed by atoms with van der Waals surface area (Å²) in [6, 6.07) is 11.8. The number of carbonyl (C=O) groups is 1. The van der Waals surface area contributed by atoms with Gasteiger partial charge in [0.2, 0.25) is 5.91 Å². The molecule has 3 nitrogen and oxygen atoms in total. The number of amides is 1. The summed E-state index contributed by atoms with van der Waals surface area (Å²) in [5.74, 6) is 0.562. The molecule has 0 radical (unpaired) electrons. The zero-order chi connectivity index (χ0) is 16.9. The Kier molecular flexibility index (Phi) is 5.48. The van der Waals surface area contributed by atoms with Crippen LogP contribution in [0.3, 0.4) is 0 Å². The molecule has 1 amide bonds. The minimum absolute atomic E-state index is 0.0162. The number of carbonyl (C=O) groups excluding carboxylic acids is 1. The molecule has 1 aliphatic rings. The molecule has 1 unspecified atom stereocenters. The molecule has 1 heterocycles. The van der Waals surface area contributed by atoms with Crippen molar-refractivity contribution in [2.45, 2.75) is 32.4 Å². The summed E-state index contributed by atoms with van der Waals surface area (Å²) in [6.07, 6.45) is 3.47. The van der Waals surface area contributed by atoms with Crippen molar-refractivity contribution >= 4 is 17.2 Å². The van der Waals surface area contributed by atoms with Crippen LogP contribution in [-0.4, -0.2) is 22.5 Å². The van der Waals surface area contributed by atoms with Gasteiger partial charge < -0.3 is 10.0 Å². The number of hydrogen-bond donors (Lipinski definition) is 1. The molecular formula is C20H23NO2S. The molecular weight excluding hydrogens is 318 g/mol. The highest BCUT2D eigenvalue weighted by Gasteiger charge is 2.25. The molecule has 1 N–H and O–H groups in total. The van der Waals surface area contributed by atoms with Crippen LogP contribution in [0.15, 0.2) is 58.8 Å². The maximum Gasteiger partial charge on any atom is 0.246 e. The first-order valence-electron chi connectivity index (χ1n) is 8.34. The Morgan fingerprint density at radius 2 is 2.08 bits per heavy atom. The second-order valence-corrected chi connectivity index (χ2v) is 7.22. The highest BCUT2D eigenvalue weighted by atomic mass is 32.1. The molecule has 1 aliphatic carbocycles. The molecule has 2 aromatic rings. The third-order valence-corrected chi connectivity index (χ3v) is 5.12. The van der Waals surface area contributed by atoms with E-state index in [2.05, 4.69) is 0 Å². The summed E-state index contributed by atoms with van der Waals surface area (Å²) in [5.41, 5.74) is 3.10. The van der Waals surface area contributed by atoms with E-state index in [1.54, 1.807) is 22.3 Å². The van der Waals surface area contributed by atoms with E-state index < -0.39 is 6.10 Å². The van der Waals surface area contributed by atoms with Crippen LogP contribution in [0.25, 0.3) is 0 Å². The molecule has 24 heavy (non-hydrogen) atoms. The molecule has 1 aromatic heterocycles. The summed E-state index contributed by atoms with van der Waals surface area (Å²) < 4.78 is 0. The predicted octanol–water partition coefficient (Wildman–Crippen LogP) is 4.17. The first kappa shape index (κ1) is 16.9. The Morgan fingerprint density at radius 1 is 1.33 bits per heavy atom. The normalized spacial score (nSPS) is 16.0. The van der Waals surface area contributed by atoms with Gasteiger partial charge >= 0.3 is 0 Å². The van der Waals surface area contributed by atoms with Crippen LogP contribution in [0.4, 0.5) is 0 Å². The highest BCUT2D eigenvalue weighted by Crippen LogP contribution is 2.36. The maximum atomic E-state index is 12.7. The van der Waals surface area contributed by atoms with Gasteiger partial charge in [0.25, 0.3) is 0 Å². The number of aliphatic hydroxyl groups is 1. The summed E-state index contributed by atoms with van der Waals surface area (Å²) >= 11 is 1.55. The lowest BCUT2D eigenvalue weighted by molar-refractivity contribution is -0.128. The van der Waals surface area contributed by atoms with Gasteiger partial charge in [0, 0.05) is 12.6 Å². The third kappa shape index (κ3) is 4.56. The Morgan fingerprint density at radius 3 is 2.71 bits per heavy atom. The quantitative estimate of drug-likeness (QED) is 0.768. The van der Waals surface area contributed by atoms with Crippen LogP contribution < -0.4 is 0 Å². The molecule has 4 heteroatoms. The number of nitrogens with zero attached hydrogens (tertiary/aromatic N) is 1. The minimum Gasteiger partial charge on any atom is -0.387 e. The van der Waals surface area contributed by atoms with Crippen LogP contribution >= 0.6 is 11.3 Å². The number of rotatable bonds is 7. The maximum absolute atomic E-state index is 12.7. The lowest BCUT2D eigenvalue weighted by Crippen LogP contribution is -2.33. The predicted molar refractivity (Wildman–Crippen MR) is 97.6 cm³/mol. The van der Waals surface area contributed by atoms with Crippen LogP contribution in [0.5, 0.6) is 0 Å². The standard InChI is InChI=1S/C20H23NO2S/c1-15(17-7-8-17)11-20(23)21(12-16-5-3-2-4-6-16)13-19(22)18-9-10-24-14-18/h2-6,9-11,14,17,19,22H,7-8,12-13H2,1H3/b15-11-. The smallest absolute Gasteiger partial charge is 0.246 e. The summed E-state index contributed by atoms with van der Waals surface area (Å²) in [4.78, 5) is 14.5. The topological polar surface area (TPSA) is 40.5 Å². The first-order valence-corrected chi connectivity index (χ1v) is 9.29. The van der Waals surface area contributed by atoms with Crippen molar-refractivity contribution in [2.75, 3.05) is 6.54 Å². The van der Waals surface area contributed by atoms with E-state index in [0.717, 1.165) is 16.7 Å². The Balaban J connectivity index is 1.74. The Labute approximate surface area is 147 Å². The van der Waals surface area contributed by atoms with Gasteiger partial charge in [-0.2, -0.15) is 11.3 Å². The SMILES string of the molecule is C/C(=C/C(=O)N(Cc1ccccc1)CC(O)c1ccsc1)C1CC1. The van der Waals surface area contributed by atoms with Gasteiger partial charge in [0.05, 0.1) is 12.6 Å². The number of hydrogen-bond acceptors (Lipinski definition) is 3. The zero-order valence-corrected chi connectivity index (χ0v) is 14.7. The fourth-order valence-electron chi connectivity index (χ4n) is 2.76. The van der Waals surface area contributed by atoms with Gasteiger partial charge in [-0.3, -0.25) is 4.79 Å². The average Bonchev–Trinajstić information content (AvgIpc) is 3.29. The fourth-order valence-corrected chi connectivity index (χ4v) is 3.46. The van der Waals surface area contributed by atoms with Crippen molar-refractivity contribution in [1.82, 2.24) is 4.90 Å². The minimum atomic E-state index is -0.654. The van der Waals surface area contributed by atoms with Gasteiger partial charge in [0.1, 0.15) is 0 Å². The van der Waals surface area contributed by atoms with Crippen molar-refractivity contribution in [3.8, 4) is 0 Å². The second kappa shape index (κ2) is 7.77. The van der Waals surface area contributed by atoms with Crippen molar-refractivity contribution in [2.24, 2.45) is 5.92 Å². The van der Waals surface area contributed by atoms with Crippen molar-refractivity contribution < 1.29 is 9.90 Å². The van der Waals surface area contributed by atoms with E-state index in [4.69, 9.17) is 0 Å². The molecule has 0 saturated heterocycles. The van der Waals surface area contributed by atoms with Crippen LogP contribution in [0.1, 0.15) is 37.0 Å². The van der Waals surface area contributed by atoms with Crippen LogP contribution in [0, 0.1) is 5.92 Å². The van der Waals surface area contributed by atoms with Crippen molar-refractivity contribution in [1.29, 1.82) is 0 Å².